The highest BCUT2D eigenvalue weighted by Crippen LogP contribution is 2.19. The van der Waals surface area contributed by atoms with Gasteiger partial charge >= 0.3 is 0 Å². The van der Waals surface area contributed by atoms with Crippen molar-refractivity contribution >= 4 is 11.6 Å². The van der Waals surface area contributed by atoms with Crippen molar-refractivity contribution in [1.82, 2.24) is 0 Å². The van der Waals surface area contributed by atoms with E-state index in [9.17, 15) is 0 Å². The molecule has 0 aromatic heterocycles. The molecule has 0 radical (unpaired) electrons. The maximum Gasteiger partial charge on any atom is 0.0558 e. The lowest BCUT2D eigenvalue weighted by molar-refractivity contribution is 0.104. The number of hydrogen-bond donors (Lipinski definition) is 1. The molecule has 3 heteroatoms. The number of benzene rings is 1. The number of rotatable bonds is 5. The maximum absolute atomic E-state index is 6.16. The molecule has 90 valence electrons. The van der Waals surface area contributed by atoms with Crippen molar-refractivity contribution in [2.45, 2.75) is 38.8 Å². The molecule has 2 atom stereocenters. The fourth-order valence-electron chi connectivity index (χ4n) is 1.71. The molecule has 2 N–H and O–H groups in total. The lowest BCUT2D eigenvalue weighted by Gasteiger charge is -2.16. The predicted octanol–water partition coefficient (Wildman–Crippen LogP) is 2.94. The molecule has 0 heterocycles. The highest BCUT2D eigenvalue weighted by atomic mass is 35.5. The summed E-state index contributed by atoms with van der Waals surface area (Å²) in [6.07, 6.45) is 1.84. The molecule has 0 fully saturated rings. The van der Waals surface area contributed by atoms with Gasteiger partial charge < -0.3 is 10.5 Å². The first-order valence-electron chi connectivity index (χ1n) is 5.56. The molecule has 0 saturated heterocycles. The Kier molecular flexibility index (Phi) is 5.26. The fraction of sp³-hybridized carbons (Fsp3) is 0.538. The average molecular weight is 242 g/mol. The summed E-state index contributed by atoms with van der Waals surface area (Å²) in [4.78, 5) is 0. The van der Waals surface area contributed by atoms with Gasteiger partial charge in [-0.15, -0.1) is 0 Å². The summed E-state index contributed by atoms with van der Waals surface area (Å²) < 4.78 is 5.19. The van der Waals surface area contributed by atoms with Crippen molar-refractivity contribution in [3.05, 3.63) is 34.3 Å². The molecule has 0 spiro atoms. The van der Waals surface area contributed by atoms with Crippen LogP contribution in [0.2, 0.25) is 5.02 Å². The fourth-order valence-corrected chi connectivity index (χ4v) is 2.02. The van der Waals surface area contributed by atoms with Gasteiger partial charge in [-0.2, -0.15) is 0 Å². The standard InChI is InChI=1S/C13H20ClNO/c1-9-4-5-11(13(14)6-9)8-12(15)7-10(2)16-3/h4-6,10,12H,7-8,15H2,1-3H3. The minimum atomic E-state index is 0.0927. The van der Waals surface area contributed by atoms with Gasteiger partial charge in [0, 0.05) is 18.2 Å². The Morgan fingerprint density at radius 2 is 2.12 bits per heavy atom. The smallest absolute Gasteiger partial charge is 0.0558 e. The van der Waals surface area contributed by atoms with Gasteiger partial charge in [0.2, 0.25) is 0 Å². The van der Waals surface area contributed by atoms with Crippen molar-refractivity contribution in [1.29, 1.82) is 0 Å². The molecule has 1 aromatic rings. The first-order valence-corrected chi connectivity index (χ1v) is 5.94. The highest BCUT2D eigenvalue weighted by molar-refractivity contribution is 6.31. The summed E-state index contributed by atoms with van der Waals surface area (Å²) in [6, 6.07) is 6.18. The third-order valence-corrected chi connectivity index (χ3v) is 3.08. The summed E-state index contributed by atoms with van der Waals surface area (Å²) in [6.45, 7) is 4.05. The van der Waals surface area contributed by atoms with E-state index in [1.165, 1.54) is 5.56 Å². The Labute approximate surface area is 103 Å². The van der Waals surface area contributed by atoms with E-state index in [0.29, 0.717) is 0 Å². The van der Waals surface area contributed by atoms with Crippen LogP contribution in [-0.4, -0.2) is 19.3 Å². The molecule has 0 amide bonds. The summed E-state index contributed by atoms with van der Waals surface area (Å²) >= 11 is 6.16. The normalized spacial score (nSPS) is 14.8. The monoisotopic (exact) mass is 241 g/mol. The molecule has 0 saturated carbocycles. The van der Waals surface area contributed by atoms with Crippen LogP contribution >= 0.6 is 11.6 Å². The van der Waals surface area contributed by atoms with Crippen LogP contribution in [0.5, 0.6) is 0 Å². The van der Waals surface area contributed by atoms with Crippen LogP contribution in [0.15, 0.2) is 18.2 Å². The Balaban J connectivity index is 2.59. The zero-order valence-electron chi connectivity index (χ0n) is 10.2. The first-order chi connectivity index (χ1) is 7.52. The second-order valence-corrected chi connectivity index (χ2v) is 4.75. The lowest BCUT2D eigenvalue weighted by Crippen LogP contribution is -2.28. The van der Waals surface area contributed by atoms with Gasteiger partial charge in [-0.1, -0.05) is 23.7 Å². The quantitative estimate of drug-likeness (QED) is 0.860. The molecule has 0 aliphatic carbocycles. The lowest BCUT2D eigenvalue weighted by atomic mass is 10.0. The summed E-state index contributed by atoms with van der Waals surface area (Å²) in [5.41, 5.74) is 8.34. The van der Waals surface area contributed by atoms with E-state index in [0.717, 1.165) is 23.4 Å². The number of aryl methyl sites for hydroxylation is 1. The maximum atomic E-state index is 6.16. The Bertz CT molecular complexity index is 341. The van der Waals surface area contributed by atoms with Gasteiger partial charge in [-0.05, 0) is 43.9 Å². The van der Waals surface area contributed by atoms with E-state index in [-0.39, 0.29) is 12.1 Å². The third kappa shape index (κ3) is 4.12. The van der Waals surface area contributed by atoms with E-state index in [1.54, 1.807) is 7.11 Å². The van der Waals surface area contributed by atoms with Crippen molar-refractivity contribution in [3.8, 4) is 0 Å². The van der Waals surface area contributed by atoms with Crippen LogP contribution in [0, 0.1) is 6.92 Å². The van der Waals surface area contributed by atoms with Crippen LogP contribution < -0.4 is 5.73 Å². The van der Waals surface area contributed by atoms with Crippen molar-refractivity contribution in [2.75, 3.05) is 7.11 Å². The average Bonchev–Trinajstić information content (AvgIpc) is 2.22. The van der Waals surface area contributed by atoms with Gasteiger partial charge in [0.05, 0.1) is 6.10 Å². The molecule has 0 aliphatic heterocycles. The van der Waals surface area contributed by atoms with E-state index >= 15 is 0 Å². The molecule has 1 rings (SSSR count). The number of hydrogen-bond acceptors (Lipinski definition) is 2. The molecule has 0 aliphatic rings. The van der Waals surface area contributed by atoms with Gasteiger partial charge in [-0.25, -0.2) is 0 Å². The van der Waals surface area contributed by atoms with Gasteiger partial charge in [0.1, 0.15) is 0 Å². The van der Waals surface area contributed by atoms with E-state index in [1.807, 2.05) is 19.9 Å². The van der Waals surface area contributed by atoms with Gasteiger partial charge in [0.25, 0.3) is 0 Å². The zero-order chi connectivity index (χ0) is 12.1. The van der Waals surface area contributed by atoms with E-state index in [2.05, 4.69) is 12.1 Å². The zero-order valence-corrected chi connectivity index (χ0v) is 10.9. The number of ether oxygens (including phenoxy) is 1. The van der Waals surface area contributed by atoms with Crippen LogP contribution in [0.1, 0.15) is 24.5 Å². The second-order valence-electron chi connectivity index (χ2n) is 4.34. The van der Waals surface area contributed by atoms with Crippen LogP contribution in [0.4, 0.5) is 0 Å². The SMILES string of the molecule is COC(C)CC(N)Cc1ccc(C)cc1Cl. The van der Waals surface area contributed by atoms with Crippen LogP contribution in [-0.2, 0) is 11.2 Å². The van der Waals surface area contributed by atoms with Crippen molar-refractivity contribution in [2.24, 2.45) is 5.73 Å². The van der Waals surface area contributed by atoms with Crippen LogP contribution in [0.3, 0.4) is 0 Å². The molecule has 16 heavy (non-hydrogen) atoms. The van der Waals surface area contributed by atoms with Crippen molar-refractivity contribution < 1.29 is 4.74 Å². The molecule has 2 nitrogen and oxygen atoms in total. The summed E-state index contributed by atoms with van der Waals surface area (Å²) in [5, 5.41) is 0.806. The largest absolute Gasteiger partial charge is 0.382 e. The van der Waals surface area contributed by atoms with Crippen LogP contribution in [0.25, 0.3) is 0 Å². The third-order valence-electron chi connectivity index (χ3n) is 2.73. The summed E-state index contributed by atoms with van der Waals surface area (Å²) in [5.74, 6) is 0. The first kappa shape index (κ1) is 13.5. The molecule has 1 aromatic carbocycles. The Morgan fingerprint density at radius 3 is 2.69 bits per heavy atom. The van der Waals surface area contributed by atoms with Gasteiger partial charge in [-0.3, -0.25) is 0 Å². The predicted molar refractivity (Wildman–Crippen MR) is 69.0 cm³/mol. The minimum Gasteiger partial charge on any atom is -0.382 e. The highest BCUT2D eigenvalue weighted by Gasteiger charge is 2.11. The summed E-state index contributed by atoms with van der Waals surface area (Å²) in [7, 11) is 1.70. The second kappa shape index (κ2) is 6.24. The number of methoxy groups -OCH3 is 1. The Hall–Kier alpha value is -0.570. The number of halogens is 1. The van der Waals surface area contributed by atoms with E-state index in [4.69, 9.17) is 22.1 Å². The Morgan fingerprint density at radius 1 is 1.44 bits per heavy atom. The van der Waals surface area contributed by atoms with Gasteiger partial charge in [0.15, 0.2) is 0 Å². The molecule has 0 bridgehead atoms. The van der Waals surface area contributed by atoms with E-state index < -0.39 is 0 Å². The van der Waals surface area contributed by atoms with Crippen molar-refractivity contribution in [3.63, 3.8) is 0 Å². The molecular weight excluding hydrogens is 222 g/mol. The minimum absolute atomic E-state index is 0.0927. The topological polar surface area (TPSA) is 35.2 Å². The molecule has 2 unspecified atom stereocenters. The number of nitrogens with two attached hydrogens (primary N) is 1. The molecular formula is C13H20ClNO.